The first-order valence-corrected chi connectivity index (χ1v) is 8.01. The van der Waals surface area contributed by atoms with Gasteiger partial charge in [0, 0.05) is 42.0 Å². The van der Waals surface area contributed by atoms with E-state index in [2.05, 4.69) is 5.32 Å². The Bertz CT molecular complexity index is 661. The minimum Gasteiger partial charge on any atom is -0.380 e. The summed E-state index contributed by atoms with van der Waals surface area (Å²) in [6.07, 6.45) is -0.260. The van der Waals surface area contributed by atoms with Crippen LogP contribution in [-0.4, -0.2) is 39.0 Å². The molecule has 1 unspecified atom stereocenters. The second kappa shape index (κ2) is 6.83. The van der Waals surface area contributed by atoms with E-state index in [-0.39, 0.29) is 18.2 Å². The predicted octanol–water partition coefficient (Wildman–Crippen LogP) is 1.29. The van der Waals surface area contributed by atoms with Gasteiger partial charge in [-0.2, -0.15) is 0 Å². The van der Waals surface area contributed by atoms with E-state index in [1.807, 2.05) is 0 Å². The fourth-order valence-corrected chi connectivity index (χ4v) is 2.18. The molecule has 0 saturated heterocycles. The molecule has 21 heavy (non-hydrogen) atoms. The molecule has 0 aliphatic heterocycles. The fourth-order valence-electron chi connectivity index (χ4n) is 1.38. The lowest BCUT2D eigenvalue weighted by Crippen LogP contribution is -2.31. The smallest absolute Gasteiger partial charge is 0.271 e. The van der Waals surface area contributed by atoms with Crippen LogP contribution in [0.15, 0.2) is 23.1 Å². The van der Waals surface area contributed by atoms with E-state index in [0.717, 1.165) is 18.2 Å². The quantitative estimate of drug-likeness (QED) is 0.475. The molecule has 0 aliphatic rings. The van der Waals surface area contributed by atoms with E-state index in [9.17, 15) is 23.3 Å². The number of carbonyl (C=O) groups excluding carboxylic acids is 1. The van der Waals surface area contributed by atoms with Gasteiger partial charge in [0.05, 0.1) is 15.9 Å². The SMILES string of the molecule is COC(C)CNC(=O)c1cc([N+](=O)[O-])cc(S(=O)(=O)Cl)c1. The van der Waals surface area contributed by atoms with Crippen LogP contribution >= 0.6 is 10.7 Å². The number of amides is 1. The maximum absolute atomic E-state index is 11.9. The molecule has 0 bridgehead atoms. The third-order valence-corrected chi connectivity index (χ3v) is 3.93. The maximum Gasteiger partial charge on any atom is 0.271 e. The van der Waals surface area contributed by atoms with Crippen molar-refractivity contribution in [2.75, 3.05) is 13.7 Å². The van der Waals surface area contributed by atoms with Gasteiger partial charge in [0.1, 0.15) is 0 Å². The predicted molar refractivity (Wildman–Crippen MR) is 74.9 cm³/mol. The van der Waals surface area contributed by atoms with Crippen molar-refractivity contribution >= 4 is 31.3 Å². The van der Waals surface area contributed by atoms with Crippen LogP contribution < -0.4 is 5.32 Å². The molecule has 1 rings (SSSR count). The second-order valence-corrected chi connectivity index (χ2v) is 6.73. The van der Waals surface area contributed by atoms with Crippen molar-refractivity contribution in [3.63, 3.8) is 0 Å². The van der Waals surface area contributed by atoms with Crippen LogP contribution in [0.25, 0.3) is 0 Å². The summed E-state index contributed by atoms with van der Waals surface area (Å²) in [6, 6.07) is 2.73. The van der Waals surface area contributed by atoms with Crippen LogP contribution in [-0.2, 0) is 13.8 Å². The Balaban J connectivity index is 3.14. The summed E-state index contributed by atoms with van der Waals surface area (Å²) in [7, 11) is 2.43. The Morgan fingerprint density at radius 2 is 2.10 bits per heavy atom. The lowest BCUT2D eigenvalue weighted by molar-refractivity contribution is -0.385. The largest absolute Gasteiger partial charge is 0.380 e. The lowest BCUT2D eigenvalue weighted by atomic mass is 10.2. The van der Waals surface area contributed by atoms with Crippen molar-refractivity contribution in [1.82, 2.24) is 5.32 Å². The highest BCUT2D eigenvalue weighted by atomic mass is 35.7. The molecule has 1 aromatic carbocycles. The topological polar surface area (TPSA) is 116 Å². The van der Waals surface area contributed by atoms with Gasteiger partial charge in [-0.1, -0.05) is 0 Å². The molecule has 1 atom stereocenters. The van der Waals surface area contributed by atoms with E-state index in [1.165, 1.54) is 7.11 Å². The first-order valence-electron chi connectivity index (χ1n) is 5.70. The van der Waals surface area contributed by atoms with Crippen molar-refractivity contribution < 1.29 is 22.9 Å². The van der Waals surface area contributed by atoms with Gasteiger partial charge in [0.2, 0.25) is 0 Å². The van der Waals surface area contributed by atoms with Gasteiger partial charge >= 0.3 is 0 Å². The summed E-state index contributed by atoms with van der Waals surface area (Å²) < 4.78 is 27.5. The fraction of sp³-hybridized carbons (Fsp3) is 0.364. The first kappa shape index (κ1) is 17.3. The van der Waals surface area contributed by atoms with Gasteiger partial charge in [-0.15, -0.1) is 0 Å². The molecule has 1 amide bonds. The van der Waals surface area contributed by atoms with Crippen molar-refractivity contribution in [1.29, 1.82) is 0 Å². The number of nitro benzene ring substituents is 1. The highest BCUT2D eigenvalue weighted by Crippen LogP contribution is 2.23. The van der Waals surface area contributed by atoms with E-state index < -0.39 is 30.5 Å². The van der Waals surface area contributed by atoms with Gasteiger partial charge < -0.3 is 10.1 Å². The summed E-state index contributed by atoms with van der Waals surface area (Å²) in [6.45, 7) is 1.88. The highest BCUT2D eigenvalue weighted by Gasteiger charge is 2.20. The summed E-state index contributed by atoms with van der Waals surface area (Å²) >= 11 is 0. The van der Waals surface area contributed by atoms with Gasteiger partial charge in [-0.05, 0) is 13.0 Å². The number of ether oxygens (including phenoxy) is 1. The normalized spacial score (nSPS) is 12.7. The molecule has 0 aliphatic carbocycles. The number of non-ortho nitro benzene ring substituents is 1. The van der Waals surface area contributed by atoms with Crippen molar-refractivity contribution in [3.05, 3.63) is 33.9 Å². The number of hydrogen-bond acceptors (Lipinski definition) is 6. The lowest BCUT2D eigenvalue weighted by Gasteiger charge is -2.11. The molecule has 8 nitrogen and oxygen atoms in total. The number of nitrogens with one attached hydrogen (secondary N) is 1. The third-order valence-electron chi connectivity index (χ3n) is 2.60. The zero-order valence-electron chi connectivity index (χ0n) is 11.2. The number of carbonyl (C=O) groups is 1. The van der Waals surface area contributed by atoms with Gasteiger partial charge in [-0.3, -0.25) is 14.9 Å². The zero-order valence-corrected chi connectivity index (χ0v) is 12.8. The Morgan fingerprint density at radius 3 is 2.57 bits per heavy atom. The van der Waals surface area contributed by atoms with Crippen LogP contribution in [0.3, 0.4) is 0 Å². The van der Waals surface area contributed by atoms with Crippen molar-refractivity contribution in [3.8, 4) is 0 Å². The van der Waals surface area contributed by atoms with Crippen LogP contribution in [0.4, 0.5) is 5.69 Å². The van der Waals surface area contributed by atoms with E-state index in [1.54, 1.807) is 6.92 Å². The summed E-state index contributed by atoms with van der Waals surface area (Å²) in [4.78, 5) is 21.4. The van der Waals surface area contributed by atoms with E-state index in [4.69, 9.17) is 15.4 Å². The molecule has 0 radical (unpaired) electrons. The molecule has 116 valence electrons. The summed E-state index contributed by atoms with van der Waals surface area (Å²) in [5.74, 6) is -0.663. The molecule has 0 saturated carbocycles. The Hall–Kier alpha value is -1.71. The van der Waals surface area contributed by atoms with Crippen molar-refractivity contribution in [2.24, 2.45) is 0 Å². The number of rotatable bonds is 6. The molecular formula is C11H13ClN2O6S. The molecule has 0 heterocycles. The number of hydrogen-bond donors (Lipinski definition) is 1. The minimum atomic E-state index is -4.19. The number of nitrogens with zero attached hydrogens (tertiary/aromatic N) is 1. The molecule has 1 aromatic rings. The number of benzene rings is 1. The average molecular weight is 337 g/mol. The number of methoxy groups -OCH3 is 1. The van der Waals surface area contributed by atoms with Crippen LogP contribution in [0, 0.1) is 10.1 Å². The molecule has 0 aromatic heterocycles. The Kier molecular flexibility index (Phi) is 5.64. The van der Waals surface area contributed by atoms with Crippen LogP contribution in [0.5, 0.6) is 0 Å². The zero-order chi connectivity index (χ0) is 16.2. The van der Waals surface area contributed by atoms with Gasteiger partial charge in [-0.25, -0.2) is 8.42 Å². The molecular weight excluding hydrogens is 324 g/mol. The average Bonchev–Trinajstić information content (AvgIpc) is 2.42. The second-order valence-electron chi connectivity index (χ2n) is 4.17. The van der Waals surface area contributed by atoms with Crippen LogP contribution in [0.1, 0.15) is 17.3 Å². The molecule has 1 N–H and O–H groups in total. The van der Waals surface area contributed by atoms with E-state index >= 15 is 0 Å². The summed E-state index contributed by atoms with van der Waals surface area (Å²) in [5.41, 5.74) is -0.714. The Labute approximate surface area is 125 Å². The maximum atomic E-state index is 11.9. The standard InChI is InChI=1S/C11H13ClN2O6S/c1-7(20-2)6-13-11(15)8-3-9(14(16)17)5-10(4-8)21(12,18)19/h3-5,7H,6H2,1-2H3,(H,13,15). The third kappa shape index (κ3) is 4.96. The monoisotopic (exact) mass is 336 g/mol. The van der Waals surface area contributed by atoms with E-state index in [0.29, 0.717) is 0 Å². The number of halogens is 1. The first-order chi connectivity index (χ1) is 9.65. The molecule has 0 spiro atoms. The number of nitro groups is 1. The Morgan fingerprint density at radius 1 is 1.48 bits per heavy atom. The molecule has 0 fully saturated rings. The summed E-state index contributed by atoms with van der Waals surface area (Å²) in [5, 5.41) is 13.3. The minimum absolute atomic E-state index is 0.168. The van der Waals surface area contributed by atoms with Gasteiger partial charge in [0.25, 0.3) is 20.6 Å². The van der Waals surface area contributed by atoms with Crippen molar-refractivity contribution in [2.45, 2.75) is 17.9 Å². The van der Waals surface area contributed by atoms with Gasteiger partial charge in [0.15, 0.2) is 0 Å². The molecule has 10 heteroatoms. The highest BCUT2D eigenvalue weighted by molar-refractivity contribution is 8.13. The van der Waals surface area contributed by atoms with Crippen LogP contribution in [0.2, 0.25) is 0 Å².